The zero-order chi connectivity index (χ0) is 14.3. The van der Waals surface area contributed by atoms with Crippen molar-refractivity contribution in [3.8, 4) is 0 Å². The molecule has 0 spiro atoms. The molecule has 3 N–H and O–H groups in total. The van der Waals surface area contributed by atoms with Gasteiger partial charge in [0.1, 0.15) is 5.84 Å². The van der Waals surface area contributed by atoms with Gasteiger partial charge in [-0.1, -0.05) is 11.6 Å². The van der Waals surface area contributed by atoms with Gasteiger partial charge in [-0.15, -0.1) is 11.3 Å². The number of amidine groups is 1. The largest absolute Gasteiger partial charge is 0.384 e. The van der Waals surface area contributed by atoms with Gasteiger partial charge in [-0.05, 0) is 49.4 Å². The van der Waals surface area contributed by atoms with Crippen molar-refractivity contribution in [1.82, 2.24) is 0 Å². The zero-order valence-corrected chi connectivity index (χ0v) is 12.6. The normalized spacial score (nSPS) is 17.9. The third kappa shape index (κ3) is 2.10. The predicted molar refractivity (Wildman–Crippen MR) is 86.0 cm³/mol. The Labute approximate surface area is 123 Å². The summed E-state index contributed by atoms with van der Waals surface area (Å²) in [6, 6.07) is 8.76. The van der Waals surface area contributed by atoms with E-state index in [4.69, 9.17) is 11.1 Å². The van der Waals surface area contributed by atoms with Crippen molar-refractivity contribution in [1.29, 1.82) is 5.41 Å². The van der Waals surface area contributed by atoms with Crippen molar-refractivity contribution >= 4 is 22.9 Å². The molecule has 1 aromatic heterocycles. The summed E-state index contributed by atoms with van der Waals surface area (Å²) in [5.74, 6) is 0.145. The number of hydrogen-bond donors (Lipinski definition) is 2. The van der Waals surface area contributed by atoms with Gasteiger partial charge in [0.05, 0.1) is 6.04 Å². The third-order valence-electron chi connectivity index (χ3n) is 4.03. The van der Waals surface area contributed by atoms with Gasteiger partial charge in [0.2, 0.25) is 0 Å². The maximum absolute atomic E-state index is 7.83. The lowest BCUT2D eigenvalue weighted by Crippen LogP contribution is -2.34. The first kappa shape index (κ1) is 13.2. The third-order valence-corrected chi connectivity index (χ3v) is 5.03. The molecular weight excluding hydrogens is 266 g/mol. The molecule has 4 heteroatoms. The number of benzene rings is 1. The van der Waals surface area contributed by atoms with E-state index in [1.807, 2.05) is 24.3 Å². The number of hydrogen-bond acceptors (Lipinski definition) is 3. The highest BCUT2D eigenvalue weighted by molar-refractivity contribution is 7.10. The fraction of sp³-hybridized carbons (Fsp3) is 0.312. The van der Waals surface area contributed by atoms with E-state index in [1.165, 1.54) is 10.4 Å². The number of nitrogens with one attached hydrogen (secondary N) is 1. The van der Waals surface area contributed by atoms with Gasteiger partial charge in [-0.25, -0.2) is 0 Å². The van der Waals surface area contributed by atoms with Crippen LogP contribution in [0.2, 0.25) is 0 Å². The smallest absolute Gasteiger partial charge is 0.124 e. The van der Waals surface area contributed by atoms with E-state index in [-0.39, 0.29) is 5.84 Å². The molecule has 0 amide bonds. The average molecular weight is 285 g/mol. The fourth-order valence-electron chi connectivity index (χ4n) is 2.95. The average Bonchev–Trinajstić information content (AvgIpc) is 2.89. The van der Waals surface area contributed by atoms with Crippen molar-refractivity contribution in [2.24, 2.45) is 5.73 Å². The van der Waals surface area contributed by atoms with Gasteiger partial charge in [-0.3, -0.25) is 5.41 Å². The van der Waals surface area contributed by atoms with Gasteiger partial charge in [-0.2, -0.15) is 0 Å². The van der Waals surface area contributed by atoms with Crippen molar-refractivity contribution in [3.05, 3.63) is 51.2 Å². The second-order valence-corrected chi connectivity index (χ2v) is 6.35. The number of rotatable bonds is 2. The molecular formula is C16H19N3S. The lowest BCUT2D eigenvalue weighted by molar-refractivity contribution is 0.632. The SMILES string of the molecule is Cc1ccc(N2CCc3sccc3C2C)c(C(=N)N)c1. The first-order valence-electron chi connectivity index (χ1n) is 6.86. The second-order valence-electron chi connectivity index (χ2n) is 5.35. The van der Waals surface area contributed by atoms with E-state index in [9.17, 15) is 0 Å². The fourth-order valence-corrected chi connectivity index (χ4v) is 3.92. The molecule has 0 fully saturated rings. The van der Waals surface area contributed by atoms with E-state index in [2.05, 4.69) is 35.4 Å². The summed E-state index contributed by atoms with van der Waals surface area (Å²) in [5.41, 5.74) is 10.2. The molecule has 0 saturated carbocycles. The monoisotopic (exact) mass is 285 g/mol. The van der Waals surface area contributed by atoms with Crippen LogP contribution < -0.4 is 10.6 Å². The van der Waals surface area contributed by atoms with Crippen molar-refractivity contribution in [3.63, 3.8) is 0 Å². The van der Waals surface area contributed by atoms with Gasteiger partial charge in [0, 0.05) is 22.7 Å². The molecule has 2 aromatic rings. The molecule has 104 valence electrons. The first-order valence-corrected chi connectivity index (χ1v) is 7.74. The molecule has 0 saturated heterocycles. The number of nitrogen functional groups attached to an aromatic ring is 1. The molecule has 0 radical (unpaired) electrons. The van der Waals surface area contributed by atoms with Crippen LogP contribution in [0.3, 0.4) is 0 Å². The van der Waals surface area contributed by atoms with Crippen molar-refractivity contribution in [2.75, 3.05) is 11.4 Å². The van der Waals surface area contributed by atoms with Gasteiger partial charge in [0.25, 0.3) is 0 Å². The Kier molecular flexibility index (Phi) is 3.26. The highest BCUT2D eigenvalue weighted by Crippen LogP contribution is 2.37. The minimum absolute atomic E-state index is 0.145. The Morgan fingerprint density at radius 3 is 2.95 bits per heavy atom. The molecule has 1 aliphatic heterocycles. The lowest BCUT2D eigenvalue weighted by Gasteiger charge is -2.36. The maximum atomic E-state index is 7.83. The van der Waals surface area contributed by atoms with Crippen LogP contribution in [-0.4, -0.2) is 12.4 Å². The molecule has 1 aliphatic rings. The molecule has 2 heterocycles. The van der Waals surface area contributed by atoms with Crippen LogP contribution in [-0.2, 0) is 6.42 Å². The maximum Gasteiger partial charge on any atom is 0.124 e. The van der Waals surface area contributed by atoms with Gasteiger partial charge >= 0.3 is 0 Å². The number of nitrogens with zero attached hydrogens (tertiary/aromatic N) is 1. The molecule has 3 nitrogen and oxygen atoms in total. The standard InChI is InChI=1S/C16H19N3S/c1-10-3-4-14(13(9-10)16(17)18)19-7-5-15-12(11(19)2)6-8-20-15/h3-4,6,8-9,11H,5,7H2,1-2H3,(H3,17,18). The molecule has 1 aromatic carbocycles. The zero-order valence-electron chi connectivity index (χ0n) is 11.8. The van der Waals surface area contributed by atoms with E-state index < -0.39 is 0 Å². The summed E-state index contributed by atoms with van der Waals surface area (Å²) in [4.78, 5) is 3.86. The Hall–Kier alpha value is -1.81. The van der Waals surface area contributed by atoms with Crippen LogP contribution in [0, 0.1) is 12.3 Å². The van der Waals surface area contributed by atoms with E-state index in [0.29, 0.717) is 6.04 Å². The summed E-state index contributed by atoms with van der Waals surface area (Å²) >= 11 is 1.85. The van der Waals surface area contributed by atoms with Crippen molar-refractivity contribution in [2.45, 2.75) is 26.3 Å². The Bertz CT molecular complexity index is 659. The van der Waals surface area contributed by atoms with Gasteiger partial charge in [0.15, 0.2) is 0 Å². The summed E-state index contributed by atoms with van der Waals surface area (Å²) in [6.07, 6.45) is 1.07. The number of nitrogens with two attached hydrogens (primary N) is 1. The van der Waals surface area contributed by atoms with E-state index in [1.54, 1.807) is 0 Å². The molecule has 0 bridgehead atoms. The van der Waals surface area contributed by atoms with Crippen LogP contribution in [0.25, 0.3) is 0 Å². The Morgan fingerprint density at radius 2 is 2.20 bits per heavy atom. The molecule has 20 heavy (non-hydrogen) atoms. The van der Waals surface area contributed by atoms with Gasteiger partial charge < -0.3 is 10.6 Å². The summed E-state index contributed by atoms with van der Waals surface area (Å²) in [7, 11) is 0. The Balaban J connectivity index is 2.04. The van der Waals surface area contributed by atoms with Crippen LogP contribution in [0.5, 0.6) is 0 Å². The summed E-state index contributed by atoms with van der Waals surface area (Å²) in [6.45, 7) is 5.25. The van der Waals surface area contributed by atoms with E-state index in [0.717, 1.165) is 29.8 Å². The van der Waals surface area contributed by atoms with Crippen LogP contribution in [0.1, 0.15) is 34.5 Å². The number of thiophene rings is 1. The van der Waals surface area contributed by atoms with Crippen molar-refractivity contribution < 1.29 is 0 Å². The van der Waals surface area contributed by atoms with Crippen LogP contribution in [0.4, 0.5) is 5.69 Å². The minimum atomic E-state index is 0.145. The number of fused-ring (bicyclic) bond motifs is 1. The van der Waals surface area contributed by atoms with Crippen LogP contribution in [0.15, 0.2) is 29.6 Å². The quantitative estimate of drug-likeness (QED) is 0.656. The highest BCUT2D eigenvalue weighted by atomic mass is 32.1. The molecule has 3 rings (SSSR count). The Morgan fingerprint density at radius 1 is 1.40 bits per heavy atom. The molecule has 0 aliphatic carbocycles. The molecule has 1 unspecified atom stereocenters. The predicted octanol–water partition coefficient (Wildman–Crippen LogP) is 3.46. The summed E-state index contributed by atoms with van der Waals surface area (Å²) in [5, 5.41) is 10.00. The number of anilines is 1. The lowest BCUT2D eigenvalue weighted by atomic mass is 9.98. The topological polar surface area (TPSA) is 53.1 Å². The van der Waals surface area contributed by atoms with Crippen LogP contribution >= 0.6 is 11.3 Å². The molecule has 1 atom stereocenters. The number of aryl methyl sites for hydroxylation is 1. The second kappa shape index (κ2) is 4.94. The summed E-state index contributed by atoms with van der Waals surface area (Å²) < 4.78 is 0. The highest BCUT2D eigenvalue weighted by Gasteiger charge is 2.26. The minimum Gasteiger partial charge on any atom is -0.384 e. The first-order chi connectivity index (χ1) is 9.58. The van der Waals surface area contributed by atoms with E-state index >= 15 is 0 Å².